The van der Waals surface area contributed by atoms with Crippen molar-refractivity contribution < 1.29 is 33.0 Å². The second kappa shape index (κ2) is 10.2. The van der Waals surface area contributed by atoms with Crippen molar-refractivity contribution in [3.8, 4) is 11.5 Å². The van der Waals surface area contributed by atoms with Gasteiger partial charge in [-0.2, -0.15) is 8.78 Å². The van der Waals surface area contributed by atoms with Crippen LogP contribution in [-0.2, 0) is 17.8 Å². The molecule has 0 fully saturated rings. The predicted octanol–water partition coefficient (Wildman–Crippen LogP) is 3.63. The molecule has 0 saturated heterocycles. The SMILES string of the molecule is CCOc1cccc(CNC(=O)CCc2ccccc2C(=O)O)c1OC(F)F. The van der Waals surface area contributed by atoms with Gasteiger partial charge in [0.05, 0.1) is 12.2 Å². The summed E-state index contributed by atoms with van der Waals surface area (Å²) >= 11 is 0. The van der Waals surface area contributed by atoms with Crippen molar-refractivity contribution >= 4 is 11.9 Å². The number of para-hydroxylation sites is 1. The fraction of sp³-hybridized carbons (Fsp3) is 0.300. The number of aryl methyl sites for hydroxylation is 1. The van der Waals surface area contributed by atoms with Crippen LogP contribution in [0.4, 0.5) is 8.78 Å². The number of carbonyl (C=O) groups is 2. The van der Waals surface area contributed by atoms with Crippen LogP contribution in [0.5, 0.6) is 11.5 Å². The Hall–Kier alpha value is -3.16. The summed E-state index contributed by atoms with van der Waals surface area (Å²) in [6.45, 7) is -1.06. The molecule has 0 atom stereocenters. The molecule has 6 nitrogen and oxygen atoms in total. The van der Waals surface area contributed by atoms with Gasteiger partial charge in [-0.15, -0.1) is 0 Å². The third-order valence-electron chi connectivity index (χ3n) is 3.91. The molecule has 0 aliphatic rings. The van der Waals surface area contributed by atoms with Gasteiger partial charge in [0.25, 0.3) is 0 Å². The number of benzene rings is 2. The van der Waals surface area contributed by atoms with Crippen LogP contribution < -0.4 is 14.8 Å². The quantitative estimate of drug-likeness (QED) is 0.644. The first kappa shape index (κ1) is 21.1. The lowest BCUT2D eigenvalue weighted by Gasteiger charge is -2.15. The van der Waals surface area contributed by atoms with Crippen molar-refractivity contribution in [2.45, 2.75) is 32.9 Å². The topological polar surface area (TPSA) is 84.9 Å². The molecule has 2 aromatic rings. The van der Waals surface area contributed by atoms with Gasteiger partial charge in [0, 0.05) is 18.5 Å². The number of aromatic carboxylic acids is 1. The van der Waals surface area contributed by atoms with Crippen LogP contribution >= 0.6 is 0 Å². The maximum absolute atomic E-state index is 12.7. The Morgan fingerprint density at radius 1 is 1.11 bits per heavy atom. The second-order valence-electron chi connectivity index (χ2n) is 5.79. The molecule has 8 heteroatoms. The number of hydrogen-bond acceptors (Lipinski definition) is 4. The van der Waals surface area contributed by atoms with Gasteiger partial charge in [0.2, 0.25) is 5.91 Å². The summed E-state index contributed by atoms with van der Waals surface area (Å²) < 4.78 is 35.3. The molecule has 2 N–H and O–H groups in total. The number of alkyl halides is 2. The number of carboxylic acids is 1. The van der Waals surface area contributed by atoms with Crippen molar-refractivity contribution in [2.24, 2.45) is 0 Å². The maximum atomic E-state index is 12.7. The van der Waals surface area contributed by atoms with Gasteiger partial charge in [0.1, 0.15) is 0 Å². The van der Waals surface area contributed by atoms with E-state index in [4.69, 9.17) is 9.84 Å². The highest BCUT2D eigenvalue weighted by Crippen LogP contribution is 2.32. The van der Waals surface area contributed by atoms with Crippen LogP contribution in [0.2, 0.25) is 0 Å². The third kappa shape index (κ3) is 5.94. The molecule has 0 heterocycles. The molecule has 0 saturated carbocycles. The smallest absolute Gasteiger partial charge is 0.387 e. The summed E-state index contributed by atoms with van der Waals surface area (Å²) in [5.74, 6) is -1.34. The highest BCUT2D eigenvalue weighted by atomic mass is 19.3. The molecule has 28 heavy (non-hydrogen) atoms. The van der Waals surface area contributed by atoms with Gasteiger partial charge in [-0.3, -0.25) is 4.79 Å². The van der Waals surface area contributed by atoms with Gasteiger partial charge in [-0.25, -0.2) is 4.79 Å². The van der Waals surface area contributed by atoms with Crippen molar-refractivity contribution in [2.75, 3.05) is 6.61 Å². The molecule has 0 radical (unpaired) electrons. The molecular formula is C20H21F2NO5. The molecule has 0 aliphatic carbocycles. The summed E-state index contributed by atoms with van der Waals surface area (Å²) in [6, 6.07) is 11.1. The Morgan fingerprint density at radius 3 is 2.50 bits per heavy atom. The average molecular weight is 393 g/mol. The van der Waals surface area contributed by atoms with Crippen LogP contribution in [0, 0.1) is 0 Å². The van der Waals surface area contributed by atoms with E-state index in [9.17, 15) is 18.4 Å². The number of nitrogens with one attached hydrogen (secondary N) is 1. The van der Waals surface area contributed by atoms with E-state index in [0.29, 0.717) is 11.1 Å². The zero-order valence-corrected chi connectivity index (χ0v) is 15.3. The zero-order chi connectivity index (χ0) is 20.5. The van der Waals surface area contributed by atoms with E-state index in [1.807, 2.05) is 0 Å². The van der Waals surface area contributed by atoms with E-state index in [0.717, 1.165) is 0 Å². The summed E-state index contributed by atoms with van der Waals surface area (Å²) in [7, 11) is 0. The van der Waals surface area contributed by atoms with Crippen molar-refractivity contribution in [1.29, 1.82) is 0 Å². The van der Waals surface area contributed by atoms with Crippen LogP contribution in [0.25, 0.3) is 0 Å². The van der Waals surface area contributed by atoms with Gasteiger partial charge in [-0.1, -0.05) is 30.3 Å². The van der Waals surface area contributed by atoms with E-state index < -0.39 is 12.6 Å². The normalized spacial score (nSPS) is 10.6. The Labute approximate surface area is 161 Å². The zero-order valence-electron chi connectivity index (χ0n) is 15.3. The summed E-state index contributed by atoms with van der Waals surface area (Å²) in [6.07, 6.45) is 0.300. The highest BCUT2D eigenvalue weighted by Gasteiger charge is 2.16. The van der Waals surface area contributed by atoms with Crippen LogP contribution in [0.3, 0.4) is 0 Å². The fourth-order valence-corrected chi connectivity index (χ4v) is 2.67. The second-order valence-corrected chi connectivity index (χ2v) is 5.79. The van der Waals surface area contributed by atoms with Crippen molar-refractivity contribution in [3.63, 3.8) is 0 Å². The minimum absolute atomic E-state index is 0.0254. The summed E-state index contributed by atoms with van der Waals surface area (Å²) in [5, 5.41) is 11.8. The number of halogens is 2. The van der Waals surface area contributed by atoms with Crippen LogP contribution in [-0.4, -0.2) is 30.2 Å². The van der Waals surface area contributed by atoms with E-state index in [2.05, 4.69) is 10.1 Å². The number of hydrogen-bond donors (Lipinski definition) is 2. The Balaban J connectivity index is 2.01. The predicted molar refractivity (Wildman–Crippen MR) is 97.8 cm³/mol. The number of carbonyl (C=O) groups excluding carboxylic acids is 1. The lowest BCUT2D eigenvalue weighted by atomic mass is 10.0. The molecular weight excluding hydrogens is 372 g/mol. The van der Waals surface area contributed by atoms with Crippen LogP contribution in [0.15, 0.2) is 42.5 Å². The number of ether oxygens (including phenoxy) is 2. The van der Waals surface area contributed by atoms with Crippen molar-refractivity contribution in [3.05, 3.63) is 59.2 Å². The molecule has 2 aromatic carbocycles. The standard InChI is InChI=1S/C20H21F2NO5/c1-2-27-16-9-5-7-14(18(16)28-20(21)22)12-23-17(24)11-10-13-6-3-4-8-15(13)19(25)26/h3-9,20H,2,10-12H2,1H3,(H,23,24)(H,25,26). The van der Waals surface area contributed by atoms with Crippen LogP contribution in [0.1, 0.15) is 34.8 Å². The monoisotopic (exact) mass is 393 g/mol. The first-order chi connectivity index (χ1) is 13.4. The molecule has 0 aromatic heterocycles. The Morgan fingerprint density at radius 2 is 1.82 bits per heavy atom. The summed E-state index contributed by atoms with van der Waals surface area (Å²) in [5.41, 5.74) is 1.04. The number of amides is 1. The summed E-state index contributed by atoms with van der Waals surface area (Å²) in [4.78, 5) is 23.3. The van der Waals surface area contributed by atoms with E-state index in [1.54, 1.807) is 37.3 Å². The molecule has 0 spiro atoms. The van der Waals surface area contributed by atoms with Gasteiger partial charge in [0.15, 0.2) is 11.5 Å². The Kier molecular flexibility index (Phi) is 7.74. The fourth-order valence-electron chi connectivity index (χ4n) is 2.67. The average Bonchev–Trinajstić information content (AvgIpc) is 2.66. The lowest BCUT2D eigenvalue weighted by Crippen LogP contribution is -2.24. The van der Waals surface area contributed by atoms with Gasteiger partial charge in [-0.05, 0) is 31.0 Å². The number of carboxylic acid groups (broad SMARTS) is 1. The first-order valence-electron chi connectivity index (χ1n) is 8.69. The molecule has 0 unspecified atom stereocenters. The van der Waals surface area contributed by atoms with E-state index >= 15 is 0 Å². The molecule has 1 amide bonds. The molecule has 150 valence electrons. The number of rotatable bonds is 10. The Bertz CT molecular complexity index is 826. The first-order valence-corrected chi connectivity index (χ1v) is 8.69. The molecule has 0 bridgehead atoms. The van der Waals surface area contributed by atoms with E-state index in [-0.39, 0.29) is 49.0 Å². The van der Waals surface area contributed by atoms with E-state index in [1.165, 1.54) is 12.1 Å². The van der Waals surface area contributed by atoms with Crippen molar-refractivity contribution in [1.82, 2.24) is 5.32 Å². The largest absolute Gasteiger partial charge is 0.490 e. The van der Waals surface area contributed by atoms with Gasteiger partial charge >= 0.3 is 12.6 Å². The lowest BCUT2D eigenvalue weighted by molar-refractivity contribution is -0.121. The molecule has 0 aliphatic heterocycles. The maximum Gasteiger partial charge on any atom is 0.387 e. The molecule has 2 rings (SSSR count). The third-order valence-corrected chi connectivity index (χ3v) is 3.91. The highest BCUT2D eigenvalue weighted by molar-refractivity contribution is 5.89. The minimum atomic E-state index is -3.02. The van der Waals surface area contributed by atoms with Gasteiger partial charge < -0.3 is 19.9 Å². The minimum Gasteiger partial charge on any atom is -0.490 e.